The molecule has 0 unspecified atom stereocenters. The molecular weight excluding hydrogens is 250 g/mol. The lowest BCUT2D eigenvalue weighted by atomic mass is 10.0. The van der Waals surface area contributed by atoms with Gasteiger partial charge in [0.25, 0.3) is 0 Å². The van der Waals surface area contributed by atoms with Crippen molar-refractivity contribution < 1.29 is 0 Å². The van der Waals surface area contributed by atoms with Crippen LogP contribution in [0.25, 0.3) is 11.1 Å². The van der Waals surface area contributed by atoms with Crippen LogP contribution in [0.1, 0.15) is 5.56 Å². The van der Waals surface area contributed by atoms with Gasteiger partial charge in [-0.1, -0.05) is 46.3 Å². The summed E-state index contributed by atoms with van der Waals surface area (Å²) in [6.45, 7) is 0.569. The van der Waals surface area contributed by atoms with Gasteiger partial charge in [0, 0.05) is 11.0 Å². The first-order chi connectivity index (χ1) is 7.31. The highest BCUT2D eigenvalue weighted by molar-refractivity contribution is 9.10. The van der Waals surface area contributed by atoms with Crippen molar-refractivity contribution in [1.29, 1.82) is 0 Å². The topological polar surface area (TPSA) is 26.0 Å². The van der Waals surface area contributed by atoms with Crippen LogP contribution in [-0.2, 0) is 6.54 Å². The van der Waals surface area contributed by atoms with E-state index in [-0.39, 0.29) is 0 Å². The molecule has 2 aromatic carbocycles. The Balaban J connectivity index is 2.46. The molecule has 0 aliphatic heterocycles. The minimum atomic E-state index is 0.569. The molecule has 75 valence electrons. The summed E-state index contributed by atoms with van der Waals surface area (Å²) >= 11 is 3.56. The van der Waals surface area contributed by atoms with Crippen molar-refractivity contribution >= 4 is 15.9 Å². The molecule has 2 rings (SSSR count). The van der Waals surface area contributed by atoms with Crippen LogP contribution in [0.5, 0.6) is 0 Å². The maximum absolute atomic E-state index is 5.58. The summed E-state index contributed by atoms with van der Waals surface area (Å²) in [6.07, 6.45) is 0. The summed E-state index contributed by atoms with van der Waals surface area (Å²) in [6, 6.07) is 17.2. The Morgan fingerprint density at radius 2 is 2.13 bits per heavy atom. The average Bonchev–Trinajstić information content (AvgIpc) is 2.30. The van der Waals surface area contributed by atoms with E-state index >= 15 is 0 Å². The predicted octanol–water partition coefficient (Wildman–Crippen LogP) is 3.37. The van der Waals surface area contributed by atoms with Crippen LogP contribution < -0.4 is 5.73 Å². The van der Waals surface area contributed by atoms with Crippen LogP contribution in [0.4, 0.5) is 0 Å². The highest BCUT2D eigenvalue weighted by Gasteiger charge is 2.02. The van der Waals surface area contributed by atoms with E-state index in [0.29, 0.717) is 6.54 Å². The van der Waals surface area contributed by atoms with Crippen LogP contribution in [0.2, 0.25) is 0 Å². The molecule has 0 saturated heterocycles. The van der Waals surface area contributed by atoms with Crippen molar-refractivity contribution in [3.63, 3.8) is 0 Å². The van der Waals surface area contributed by atoms with Gasteiger partial charge in [-0.25, -0.2) is 0 Å². The Bertz CT molecular complexity index is 451. The zero-order valence-corrected chi connectivity index (χ0v) is 9.79. The lowest BCUT2D eigenvalue weighted by Crippen LogP contribution is -1.95. The smallest absolute Gasteiger partial charge is 0.0256 e. The largest absolute Gasteiger partial charge is 0.326 e. The van der Waals surface area contributed by atoms with E-state index in [2.05, 4.69) is 40.2 Å². The van der Waals surface area contributed by atoms with Gasteiger partial charge in [-0.3, -0.25) is 0 Å². The highest BCUT2D eigenvalue weighted by Crippen LogP contribution is 2.28. The van der Waals surface area contributed by atoms with Gasteiger partial charge >= 0.3 is 0 Å². The van der Waals surface area contributed by atoms with Gasteiger partial charge in [0.2, 0.25) is 0 Å². The van der Waals surface area contributed by atoms with Gasteiger partial charge in [-0.2, -0.15) is 0 Å². The first-order valence-electron chi connectivity index (χ1n) is 4.76. The fraction of sp³-hybridized carbons (Fsp3) is 0.0769. The summed E-state index contributed by atoms with van der Waals surface area (Å²) < 4.78 is 1.07. The summed E-state index contributed by atoms with van der Waals surface area (Å²) in [7, 11) is 0. The zero-order valence-electron chi connectivity index (χ0n) is 8.20. The summed E-state index contributed by atoms with van der Waals surface area (Å²) in [5.41, 5.74) is 9.04. The first-order valence-corrected chi connectivity index (χ1v) is 5.55. The fourth-order valence-electron chi connectivity index (χ4n) is 1.48. The number of benzene rings is 2. The van der Waals surface area contributed by atoms with Crippen molar-refractivity contribution in [1.82, 2.24) is 0 Å². The first kappa shape index (κ1) is 10.4. The average molecular weight is 261 g/mol. The maximum atomic E-state index is 5.58. The third-order valence-corrected chi connectivity index (χ3v) is 2.94. The lowest BCUT2D eigenvalue weighted by Gasteiger charge is -2.06. The Morgan fingerprint density at radius 1 is 1.27 bits per heavy atom. The second-order valence-electron chi connectivity index (χ2n) is 3.31. The van der Waals surface area contributed by atoms with E-state index in [0.717, 1.165) is 15.6 Å². The molecule has 2 heteroatoms. The quantitative estimate of drug-likeness (QED) is 0.881. The molecule has 0 heterocycles. The van der Waals surface area contributed by atoms with E-state index in [4.69, 9.17) is 5.73 Å². The number of hydrogen-bond acceptors (Lipinski definition) is 1. The van der Waals surface area contributed by atoms with Gasteiger partial charge < -0.3 is 5.73 Å². The van der Waals surface area contributed by atoms with Gasteiger partial charge in [0.15, 0.2) is 0 Å². The van der Waals surface area contributed by atoms with Gasteiger partial charge in [-0.05, 0) is 34.9 Å². The summed E-state index contributed by atoms with van der Waals surface area (Å²) in [4.78, 5) is 0. The molecule has 0 bridgehead atoms. The number of halogens is 1. The van der Waals surface area contributed by atoms with Crippen molar-refractivity contribution in [2.75, 3.05) is 0 Å². The number of rotatable bonds is 2. The Hall–Kier alpha value is -1.12. The Morgan fingerprint density at radius 3 is 2.73 bits per heavy atom. The number of nitrogens with two attached hydrogens (primary N) is 1. The molecule has 0 aromatic heterocycles. The monoisotopic (exact) mass is 260 g/mol. The molecule has 2 N–H and O–H groups in total. The normalized spacial score (nSPS) is 10.3. The lowest BCUT2D eigenvalue weighted by molar-refractivity contribution is 1.07. The second kappa shape index (κ2) is 4.60. The molecule has 1 radical (unpaired) electrons. The van der Waals surface area contributed by atoms with Crippen molar-refractivity contribution in [2.45, 2.75) is 6.54 Å². The summed E-state index contributed by atoms with van der Waals surface area (Å²) in [5.74, 6) is 0. The minimum absolute atomic E-state index is 0.569. The fourth-order valence-corrected chi connectivity index (χ4v) is 2.14. The molecular formula is C13H11BrN. The van der Waals surface area contributed by atoms with E-state index in [1.165, 1.54) is 5.56 Å². The molecule has 0 saturated carbocycles. The second-order valence-corrected chi connectivity index (χ2v) is 4.16. The SMILES string of the molecule is NCc1ccc(-c2c[c]ccc2)c(Br)c1. The molecule has 0 atom stereocenters. The summed E-state index contributed by atoms with van der Waals surface area (Å²) in [5, 5.41) is 0. The molecule has 0 spiro atoms. The van der Waals surface area contributed by atoms with Crippen LogP contribution in [0.3, 0.4) is 0 Å². The van der Waals surface area contributed by atoms with E-state index in [1.807, 2.05) is 24.3 Å². The number of hydrogen-bond donors (Lipinski definition) is 1. The molecule has 0 fully saturated rings. The third kappa shape index (κ3) is 2.28. The molecule has 15 heavy (non-hydrogen) atoms. The van der Waals surface area contributed by atoms with Gasteiger partial charge in [-0.15, -0.1) is 0 Å². The van der Waals surface area contributed by atoms with Crippen LogP contribution in [0, 0.1) is 6.07 Å². The van der Waals surface area contributed by atoms with Gasteiger partial charge in [0.1, 0.15) is 0 Å². The van der Waals surface area contributed by atoms with E-state index < -0.39 is 0 Å². The molecule has 0 amide bonds. The van der Waals surface area contributed by atoms with Crippen LogP contribution in [-0.4, -0.2) is 0 Å². The Labute approximate surface area is 98.1 Å². The molecule has 0 aliphatic carbocycles. The van der Waals surface area contributed by atoms with E-state index in [1.54, 1.807) is 0 Å². The third-order valence-electron chi connectivity index (χ3n) is 2.29. The van der Waals surface area contributed by atoms with Gasteiger partial charge in [0.05, 0.1) is 0 Å². The molecule has 0 aliphatic rings. The minimum Gasteiger partial charge on any atom is -0.326 e. The molecule has 1 nitrogen and oxygen atoms in total. The van der Waals surface area contributed by atoms with Crippen LogP contribution >= 0.6 is 15.9 Å². The zero-order chi connectivity index (χ0) is 10.7. The highest BCUT2D eigenvalue weighted by atomic mass is 79.9. The standard InChI is InChI=1S/C13H11BrN/c14-13-8-10(9-15)6-7-12(13)11-4-2-1-3-5-11/h1-2,4-8H,9,15H2. The Kier molecular flexibility index (Phi) is 3.19. The van der Waals surface area contributed by atoms with Crippen LogP contribution in [0.15, 0.2) is 46.9 Å². The van der Waals surface area contributed by atoms with E-state index in [9.17, 15) is 0 Å². The maximum Gasteiger partial charge on any atom is 0.0256 e. The molecule has 2 aromatic rings. The predicted molar refractivity (Wildman–Crippen MR) is 66.3 cm³/mol. The van der Waals surface area contributed by atoms with Crippen molar-refractivity contribution in [3.8, 4) is 11.1 Å². The van der Waals surface area contributed by atoms with Crippen molar-refractivity contribution in [3.05, 3.63) is 58.6 Å². The van der Waals surface area contributed by atoms with Crippen molar-refractivity contribution in [2.24, 2.45) is 5.73 Å².